The number of nitrogens with zero attached hydrogens (tertiary/aromatic N) is 2. The number of guanidine groups is 1. The van der Waals surface area contributed by atoms with Crippen LogP contribution in [0.25, 0.3) is 0 Å². The van der Waals surface area contributed by atoms with E-state index in [1.807, 2.05) is 19.2 Å². The largest absolute Gasteiger partial charge is 0.492 e. The monoisotopic (exact) mass is 474 g/mol. The predicted molar refractivity (Wildman–Crippen MR) is 116 cm³/mol. The summed E-state index contributed by atoms with van der Waals surface area (Å²) in [5, 5.41) is 6.81. The minimum Gasteiger partial charge on any atom is -0.492 e. The van der Waals surface area contributed by atoms with Gasteiger partial charge >= 0.3 is 0 Å². The minimum absolute atomic E-state index is 0. The second-order valence-corrected chi connectivity index (χ2v) is 6.84. The van der Waals surface area contributed by atoms with Crippen molar-refractivity contribution in [2.45, 2.75) is 25.9 Å². The Labute approximate surface area is 173 Å². The fourth-order valence-electron chi connectivity index (χ4n) is 2.94. The zero-order valence-electron chi connectivity index (χ0n) is 15.7. The molecule has 0 bridgehead atoms. The van der Waals surface area contributed by atoms with Crippen LogP contribution in [0.4, 0.5) is 0 Å². The number of hydrogen-bond acceptors (Lipinski definition) is 4. The number of nitrogens with one attached hydrogen (secondary N) is 2. The van der Waals surface area contributed by atoms with Gasteiger partial charge in [0.2, 0.25) is 0 Å². The summed E-state index contributed by atoms with van der Waals surface area (Å²) in [6, 6.07) is 8.83. The quantitative estimate of drug-likeness (QED) is 0.360. The van der Waals surface area contributed by atoms with E-state index in [-0.39, 0.29) is 24.0 Å². The first-order valence-electron chi connectivity index (χ1n) is 9.23. The number of halogens is 1. The van der Waals surface area contributed by atoms with Crippen LogP contribution in [0.1, 0.15) is 18.9 Å². The Morgan fingerprint density at radius 2 is 2.12 bits per heavy atom. The maximum Gasteiger partial charge on any atom is 0.191 e. The van der Waals surface area contributed by atoms with Crippen molar-refractivity contribution in [2.24, 2.45) is 10.9 Å². The minimum atomic E-state index is 0. The molecule has 1 saturated carbocycles. The van der Waals surface area contributed by atoms with E-state index in [1.165, 1.54) is 12.0 Å². The van der Waals surface area contributed by atoms with Gasteiger partial charge in [0, 0.05) is 39.3 Å². The Morgan fingerprint density at radius 3 is 2.81 bits per heavy atom. The Hall–Kier alpha value is -1.06. The van der Waals surface area contributed by atoms with Crippen molar-refractivity contribution in [1.82, 2.24) is 15.5 Å². The van der Waals surface area contributed by atoms with Crippen LogP contribution >= 0.6 is 24.0 Å². The Morgan fingerprint density at radius 1 is 1.35 bits per heavy atom. The van der Waals surface area contributed by atoms with Crippen LogP contribution in [-0.2, 0) is 11.3 Å². The Balaban J connectivity index is 0.00000243. The van der Waals surface area contributed by atoms with Crippen molar-refractivity contribution < 1.29 is 9.47 Å². The summed E-state index contributed by atoms with van der Waals surface area (Å²) in [5.74, 6) is 2.54. The van der Waals surface area contributed by atoms with Crippen molar-refractivity contribution in [3.05, 3.63) is 29.8 Å². The van der Waals surface area contributed by atoms with Gasteiger partial charge in [-0.2, -0.15) is 0 Å². The molecule has 2 N–H and O–H groups in total. The van der Waals surface area contributed by atoms with E-state index in [4.69, 9.17) is 9.47 Å². The van der Waals surface area contributed by atoms with Crippen molar-refractivity contribution in [1.29, 1.82) is 0 Å². The molecular weight excluding hydrogens is 443 g/mol. The summed E-state index contributed by atoms with van der Waals surface area (Å²) in [5.41, 5.74) is 1.19. The van der Waals surface area contributed by atoms with Crippen LogP contribution in [0.2, 0.25) is 0 Å². The molecule has 0 aromatic heterocycles. The van der Waals surface area contributed by atoms with Gasteiger partial charge in [-0.15, -0.1) is 24.0 Å². The van der Waals surface area contributed by atoms with Crippen LogP contribution < -0.4 is 15.4 Å². The number of hydrogen-bond donors (Lipinski definition) is 2. The van der Waals surface area contributed by atoms with Crippen LogP contribution in [0, 0.1) is 5.92 Å². The van der Waals surface area contributed by atoms with Gasteiger partial charge in [-0.3, -0.25) is 9.89 Å². The molecule has 7 heteroatoms. The maximum atomic E-state index is 5.92. The van der Waals surface area contributed by atoms with E-state index in [0.29, 0.717) is 12.6 Å². The molecule has 0 radical (unpaired) electrons. The number of morpholine rings is 1. The zero-order chi connectivity index (χ0) is 17.5. The Bertz CT molecular complexity index is 578. The lowest BCUT2D eigenvalue weighted by molar-refractivity contribution is 0.0322. The van der Waals surface area contributed by atoms with Gasteiger partial charge in [-0.05, 0) is 30.0 Å². The molecule has 1 aromatic rings. The third-order valence-electron chi connectivity index (χ3n) is 4.79. The van der Waals surface area contributed by atoms with E-state index in [0.717, 1.165) is 57.0 Å². The lowest BCUT2D eigenvalue weighted by Gasteiger charge is -2.26. The molecule has 3 rings (SSSR count). The Kier molecular flexibility index (Phi) is 8.94. The average molecular weight is 474 g/mol. The fourth-order valence-corrected chi connectivity index (χ4v) is 2.94. The van der Waals surface area contributed by atoms with Gasteiger partial charge in [-0.25, -0.2) is 0 Å². The van der Waals surface area contributed by atoms with Crippen molar-refractivity contribution in [2.75, 3.05) is 46.5 Å². The molecular formula is C19H31IN4O2. The predicted octanol–water partition coefficient (Wildman–Crippen LogP) is 2.09. The highest BCUT2D eigenvalue weighted by Crippen LogP contribution is 2.28. The SMILES string of the molecule is CN=C(NCc1cccc(OCCN2CCOCC2)c1)NC1CC1C.I. The smallest absolute Gasteiger partial charge is 0.191 e. The van der Waals surface area contributed by atoms with Gasteiger partial charge < -0.3 is 20.1 Å². The summed E-state index contributed by atoms with van der Waals surface area (Å²) in [4.78, 5) is 6.67. The van der Waals surface area contributed by atoms with Crippen LogP contribution in [-0.4, -0.2) is 63.4 Å². The zero-order valence-corrected chi connectivity index (χ0v) is 18.1. The van der Waals surface area contributed by atoms with Crippen molar-refractivity contribution in [3.8, 4) is 5.75 Å². The molecule has 1 aliphatic carbocycles. The maximum absolute atomic E-state index is 5.92. The molecule has 0 spiro atoms. The molecule has 2 unspecified atom stereocenters. The second-order valence-electron chi connectivity index (χ2n) is 6.84. The van der Waals surface area contributed by atoms with Crippen molar-refractivity contribution >= 4 is 29.9 Å². The van der Waals surface area contributed by atoms with Gasteiger partial charge in [0.05, 0.1) is 13.2 Å². The molecule has 2 fully saturated rings. The van der Waals surface area contributed by atoms with Gasteiger partial charge in [0.25, 0.3) is 0 Å². The molecule has 1 aromatic carbocycles. The number of benzene rings is 1. The molecule has 2 aliphatic rings. The van der Waals surface area contributed by atoms with Crippen molar-refractivity contribution in [3.63, 3.8) is 0 Å². The fraction of sp³-hybridized carbons (Fsp3) is 0.632. The van der Waals surface area contributed by atoms with Gasteiger partial charge in [-0.1, -0.05) is 19.1 Å². The standard InChI is InChI=1S/C19H30N4O2.HI/c1-15-12-18(15)22-19(20-2)21-14-16-4-3-5-17(13-16)25-11-8-23-6-9-24-10-7-23;/h3-5,13,15,18H,6-12,14H2,1-2H3,(H2,20,21,22);1H. The third kappa shape index (κ3) is 6.92. The highest BCUT2D eigenvalue weighted by molar-refractivity contribution is 14.0. The van der Waals surface area contributed by atoms with Gasteiger partial charge in [0.1, 0.15) is 12.4 Å². The molecule has 1 aliphatic heterocycles. The normalized spacial score (nSPS) is 23.1. The number of rotatable bonds is 7. The lowest BCUT2D eigenvalue weighted by Crippen LogP contribution is -2.38. The molecule has 146 valence electrons. The number of ether oxygens (including phenoxy) is 2. The molecule has 0 amide bonds. The highest BCUT2D eigenvalue weighted by atomic mass is 127. The summed E-state index contributed by atoms with van der Waals surface area (Å²) in [6.45, 7) is 8.30. The molecule has 6 nitrogen and oxygen atoms in total. The molecule has 1 saturated heterocycles. The van der Waals surface area contributed by atoms with Gasteiger partial charge in [0.15, 0.2) is 5.96 Å². The summed E-state index contributed by atoms with van der Waals surface area (Å²) in [7, 11) is 1.81. The van der Waals surface area contributed by atoms with E-state index in [9.17, 15) is 0 Å². The number of aliphatic imine (C=N–C) groups is 1. The first kappa shape index (κ1) is 21.2. The first-order chi connectivity index (χ1) is 12.2. The summed E-state index contributed by atoms with van der Waals surface area (Å²) in [6.07, 6.45) is 1.23. The van der Waals surface area contributed by atoms with E-state index in [2.05, 4.69) is 39.6 Å². The summed E-state index contributed by atoms with van der Waals surface area (Å²) >= 11 is 0. The first-order valence-corrected chi connectivity index (χ1v) is 9.23. The van der Waals surface area contributed by atoms with Crippen LogP contribution in [0.3, 0.4) is 0 Å². The van der Waals surface area contributed by atoms with Crippen LogP contribution in [0.15, 0.2) is 29.3 Å². The molecule has 26 heavy (non-hydrogen) atoms. The van der Waals surface area contributed by atoms with E-state index in [1.54, 1.807) is 0 Å². The topological polar surface area (TPSA) is 58.1 Å². The van der Waals surface area contributed by atoms with E-state index >= 15 is 0 Å². The average Bonchev–Trinajstić information content (AvgIpc) is 3.34. The summed E-state index contributed by atoms with van der Waals surface area (Å²) < 4.78 is 11.3. The lowest BCUT2D eigenvalue weighted by atomic mass is 10.2. The second kappa shape index (κ2) is 10.9. The molecule has 2 atom stereocenters. The van der Waals surface area contributed by atoms with E-state index < -0.39 is 0 Å². The molecule has 1 heterocycles. The highest BCUT2D eigenvalue weighted by Gasteiger charge is 2.33. The van der Waals surface area contributed by atoms with Crippen LogP contribution in [0.5, 0.6) is 5.75 Å². The third-order valence-corrected chi connectivity index (χ3v) is 4.79.